The van der Waals surface area contributed by atoms with E-state index in [1.165, 1.54) is 6.08 Å². The van der Waals surface area contributed by atoms with Crippen LogP contribution in [0.2, 0.25) is 0 Å². The lowest BCUT2D eigenvalue weighted by Gasteiger charge is -2.24. The minimum Gasteiger partial charge on any atom is -0.478 e. The first-order chi connectivity index (χ1) is 9.86. The van der Waals surface area contributed by atoms with E-state index in [0.717, 1.165) is 17.2 Å². The Hall–Kier alpha value is -2.14. The molecule has 0 aromatic heterocycles. The summed E-state index contributed by atoms with van der Waals surface area (Å²) in [7, 11) is 3.34. The number of rotatable bonds is 6. The smallest absolute Gasteiger partial charge is 0.328 e. The van der Waals surface area contributed by atoms with Crippen LogP contribution in [0.1, 0.15) is 28.4 Å². The SMILES string of the molecule is COCC(C)N(C)C(=O)c1ccc(/C=C/C(=O)O)c(C)c1. The number of aliphatic carboxylic acids is 1. The lowest BCUT2D eigenvalue weighted by Crippen LogP contribution is -2.37. The molecule has 0 saturated heterocycles. The number of nitrogens with zero attached hydrogens (tertiary/aromatic N) is 1. The zero-order chi connectivity index (χ0) is 16.0. The summed E-state index contributed by atoms with van der Waals surface area (Å²) >= 11 is 0. The minimum atomic E-state index is -0.998. The van der Waals surface area contributed by atoms with Gasteiger partial charge in [-0.05, 0) is 43.2 Å². The molecule has 5 nitrogen and oxygen atoms in total. The van der Waals surface area contributed by atoms with E-state index < -0.39 is 5.97 Å². The molecular weight excluding hydrogens is 270 g/mol. The molecule has 1 aromatic carbocycles. The summed E-state index contributed by atoms with van der Waals surface area (Å²) in [4.78, 5) is 24.5. The number of hydrogen-bond acceptors (Lipinski definition) is 3. The molecule has 5 heteroatoms. The maximum atomic E-state index is 12.3. The molecule has 0 aliphatic heterocycles. The summed E-state index contributed by atoms with van der Waals surface area (Å²) in [5, 5.41) is 8.63. The number of benzene rings is 1. The molecule has 1 unspecified atom stereocenters. The van der Waals surface area contributed by atoms with Crippen molar-refractivity contribution < 1.29 is 19.4 Å². The van der Waals surface area contributed by atoms with Crippen molar-refractivity contribution in [1.82, 2.24) is 4.90 Å². The van der Waals surface area contributed by atoms with Crippen LogP contribution in [0.25, 0.3) is 6.08 Å². The highest BCUT2D eigenvalue weighted by Gasteiger charge is 2.17. The third-order valence-corrected chi connectivity index (χ3v) is 3.31. The monoisotopic (exact) mass is 291 g/mol. The molecule has 21 heavy (non-hydrogen) atoms. The highest BCUT2D eigenvalue weighted by atomic mass is 16.5. The van der Waals surface area contributed by atoms with Crippen molar-refractivity contribution in [3.05, 3.63) is 41.0 Å². The second kappa shape index (κ2) is 7.59. The summed E-state index contributed by atoms with van der Waals surface area (Å²) in [6.07, 6.45) is 2.60. The zero-order valence-electron chi connectivity index (χ0n) is 12.8. The van der Waals surface area contributed by atoms with Crippen molar-refractivity contribution in [2.45, 2.75) is 19.9 Å². The van der Waals surface area contributed by atoms with Crippen LogP contribution in [0.15, 0.2) is 24.3 Å². The normalized spacial score (nSPS) is 12.4. The molecule has 0 bridgehead atoms. The third kappa shape index (κ3) is 4.72. The van der Waals surface area contributed by atoms with Crippen molar-refractivity contribution in [1.29, 1.82) is 0 Å². The van der Waals surface area contributed by atoms with Gasteiger partial charge in [0.05, 0.1) is 12.6 Å². The molecular formula is C16H21NO4. The van der Waals surface area contributed by atoms with E-state index in [9.17, 15) is 9.59 Å². The molecule has 0 saturated carbocycles. The molecule has 0 aliphatic rings. The predicted octanol–water partition coefficient (Wildman–Crippen LogP) is 2.20. The van der Waals surface area contributed by atoms with Crippen LogP contribution in [0, 0.1) is 6.92 Å². The zero-order valence-corrected chi connectivity index (χ0v) is 12.8. The van der Waals surface area contributed by atoms with Crippen LogP contribution < -0.4 is 0 Å². The topological polar surface area (TPSA) is 66.8 Å². The van der Waals surface area contributed by atoms with Gasteiger partial charge in [0.15, 0.2) is 0 Å². The first kappa shape index (κ1) is 16.9. The Morgan fingerprint density at radius 2 is 2.10 bits per heavy atom. The van der Waals surface area contributed by atoms with Crippen molar-refractivity contribution in [2.24, 2.45) is 0 Å². The third-order valence-electron chi connectivity index (χ3n) is 3.31. The lowest BCUT2D eigenvalue weighted by atomic mass is 10.0. The van der Waals surface area contributed by atoms with Gasteiger partial charge in [-0.3, -0.25) is 4.79 Å². The number of carboxylic acid groups (broad SMARTS) is 1. The average molecular weight is 291 g/mol. The van der Waals surface area contributed by atoms with Gasteiger partial charge in [-0.1, -0.05) is 6.07 Å². The molecule has 0 heterocycles. The van der Waals surface area contributed by atoms with Gasteiger partial charge in [0.2, 0.25) is 0 Å². The first-order valence-electron chi connectivity index (χ1n) is 6.64. The highest BCUT2D eigenvalue weighted by Crippen LogP contribution is 2.15. The summed E-state index contributed by atoms with van der Waals surface area (Å²) in [5.74, 6) is -1.08. The maximum Gasteiger partial charge on any atom is 0.328 e. The van der Waals surface area contributed by atoms with Crippen molar-refractivity contribution >= 4 is 18.0 Å². The number of carbonyl (C=O) groups excluding carboxylic acids is 1. The molecule has 1 atom stereocenters. The van der Waals surface area contributed by atoms with Gasteiger partial charge in [0.25, 0.3) is 5.91 Å². The Kier molecular flexibility index (Phi) is 6.11. The number of hydrogen-bond donors (Lipinski definition) is 1. The minimum absolute atomic E-state index is 0.0191. The van der Waals surface area contributed by atoms with E-state index in [1.54, 1.807) is 37.3 Å². The summed E-state index contributed by atoms with van der Waals surface area (Å²) in [6, 6.07) is 5.19. The number of amides is 1. The fraction of sp³-hybridized carbons (Fsp3) is 0.375. The largest absolute Gasteiger partial charge is 0.478 e. The van der Waals surface area contributed by atoms with Crippen LogP contribution in [0.5, 0.6) is 0 Å². The van der Waals surface area contributed by atoms with Crippen LogP contribution in [-0.4, -0.2) is 48.7 Å². The van der Waals surface area contributed by atoms with Gasteiger partial charge < -0.3 is 14.7 Å². The molecule has 1 amide bonds. The van der Waals surface area contributed by atoms with Crippen molar-refractivity contribution in [3.63, 3.8) is 0 Å². The van der Waals surface area contributed by atoms with Crippen LogP contribution >= 0.6 is 0 Å². The van der Waals surface area contributed by atoms with Gasteiger partial charge in [-0.25, -0.2) is 4.79 Å². The fourth-order valence-electron chi connectivity index (χ4n) is 1.91. The second-order valence-electron chi connectivity index (χ2n) is 4.96. The summed E-state index contributed by atoms with van der Waals surface area (Å²) < 4.78 is 5.05. The standard InChI is InChI=1S/C16H21NO4/c1-11-9-14(6-5-13(11)7-8-15(18)19)16(20)17(3)12(2)10-21-4/h5-9,12H,10H2,1-4H3,(H,18,19)/b8-7+. The quantitative estimate of drug-likeness (QED) is 0.816. The number of carbonyl (C=O) groups is 2. The Morgan fingerprint density at radius 1 is 1.43 bits per heavy atom. The van der Waals surface area contributed by atoms with Gasteiger partial charge in [0, 0.05) is 25.8 Å². The Bertz CT molecular complexity index is 551. The number of ether oxygens (including phenoxy) is 1. The van der Waals surface area contributed by atoms with Crippen LogP contribution in [0.4, 0.5) is 0 Å². The maximum absolute atomic E-state index is 12.3. The van der Waals surface area contributed by atoms with E-state index in [1.807, 2.05) is 13.8 Å². The first-order valence-corrected chi connectivity index (χ1v) is 6.64. The number of aryl methyl sites for hydroxylation is 1. The Balaban J connectivity index is 2.93. The van der Waals surface area contributed by atoms with E-state index in [2.05, 4.69) is 0 Å². The Labute approximate surface area is 124 Å². The Morgan fingerprint density at radius 3 is 2.62 bits per heavy atom. The number of methoxy groups -OCH3 is 1. The molecule has 1 aromatic rings. The summed E-state index contributed by atoms with van der Waals surface area (Å²) in [6.45, 7) is 4.23. The second-order valence-corrected chi connectivity index (χ2v) is 4.96. The van der Waals surface area contributed by atoms with Crippen molar-refractivity contribution in [2.75, 3.05) is 20.8 Å². The molecule has 0 fully saturated rings. The molecule has 0 spiro atoms. The van der Waals surface area contributed by atoms with E-state index >= 15 is 0 Å². The van der Waals surface area contributed by atoms with Crippen LogP contribution in [-0.2, 0) is 9.53 Å². The van der Waals surface area contributed by atoms with E-state index in [0.29, 0.717) is 12.2 Å². The summed E-state index contributed by atoms with van der Waals surface area (Å²) in [5.41, 5.74) is 2.21. The van der Waals surface area contributed by atoms with Gasteiger partial charge in [0.1, 0.15) is 0 Å². The average Bonchev–Trinajstić information content (AvgIpc) is 2.44. The molecule has 1 N–H and O–H groups in total. The number of carboxylic acids is 1. The highest BCUT2D eigenvalue weighted by molar-refractivity contribution is 5.95. The predicted molar refractivity (Wildman–Crippen MR) is 81.3 cm³/mol. The number of likely N-dealkylation sites (N-methyl/N-ethyl adjacent to an activating group) is 1. The molecule has 0 aliphatic carbocycles. The fourth-order valence-corrected chi connectivity index (χ4v) is 1.91. The van der Waals surface area contributed by atoms with E-state index in [4.69, 9.17) is 9.84 Å². The van der Waals surface area contributed by atoms with E-state index in [-0.39, 0.29) is 11.9 Å². The lowest BCUT2D eigenvalue weighted by molar-refractivity contribution is -0.131. The van der Waals surface area contributed by atoms with Crippen LogP contribution in [0.3, 0.4) is 0 Å². The van der Waals surface area contributed by atoms with Crippen molar-refractivity contribution in [3.8, 4) is 0 Å². The molecule has 1 rings (SSSR count). The van der Waals surface area contributed by atoms with Gasteiger partial charge in [-0.15, -0.1) is 0 Å². The molecule has 114 valence electrons. The van der Waals surface area contributed by atoms with Gasteiger partial charge in [-0.2, -0.15) is 0 Å². The molecule has 0 radical (unpaired) electrons. The van der Waals surface area contributed by atoms with Gasteiger partial charge >= 0.3 is 5.97 Å².